The monoisotopic (exact) mass is 453 g/mol. The number of alkyl halides is 2. The Morgan fingerprint density at radius 1 is 1.39 bits per heavy atom. The Bertz CT molecular complexity index is 1050. The SMILES string of the molecule is CC(F)(F)COc1ncc(Cn2cc3c(CC(=O)NCCCO)nccc3n2)cc1Cl. The zero-order chi connectivity index (χ0) is 22.4. The van der Waals surface area contributed by atoms with Gasteiger partial charge in [0.2, 0.25) is 11.8 Å². The van der Waals surface area contributed by atoms with E-state index < -0.39 is 12.5 Å². The number of aromatic nitrogens is 4. The highest BCUT2D eigenvalue weighted by Gasteiger charge is 2.23. The molecular formula is C20H22ClF2N5O3. The van der Waals surface area contributed by atoms with E-state index in [2.05, 4.69) is 20.4 Å². The second kappa shape index (κ2) is 9.97. The number of carbonyl (C=O) groups excluding carboxylic acids is 1. The van der Waals surface area contributed by atoms with Gasteiger partial charge in [-0.3, -0.25) is 14.5 Å². The smallest absolute Gasteiger partial charge is 0.278 e. The van der Waals surface area contributed by atoms with Crippen LogP contribution in [0, 0.1) is 0 Å². The first-order valence-corrected chi connectivity index (χ1v) is 9.96. The normalized spacial score (nSPS) is 11.6. The van der Waals surface area contributed by atoms with E-state index in [1.165, 1.54) is 6.20 Å². The third-order valence-electron chi connectivity index (χ3n) is 4.22. The molecule has 3 heterocycles. The van der Waals surface area contributed by atoms with E-state index in [9.17, 15) is 13.6 Å². The molecule has 0 aromatic carbocycles. The Morgan fingerprint density at radius 2 is 2.19 bits per heavy atom. The summed E-state index contributed by atoms with van der Waals surface area (Å²) >= 11 is 6.11. The minimum absolute atomic E-state index is 0.0118. The minimum atomic E-state index is -2.99. The Balaban J connectivity index is 1.71. The standard InChI is InChI=1S/C20H22ClF2N5O3/c1-20(22,23)12-31-19-15(21)7-13(9-26-19)10-28-11-14-16(27-28)3-5-24-17(14)8-18(30)25-4-2-6-29/h3,5,7,9,11,29H,2,4,6,8,10,12H2,1H3,(H,25,30). The molecule has 0 saturated heterocycles. The summed E-state index contributed by atoms with van der Waals surface area (Å²) in [7, 11) is 0. The van der Waals surface area contributed by atoms with Crippen LogP contribution >= 0.6 is 11.6 Å². The number of ether oxygens (including phenoxy) is 1. The second-order valence-corrected chi connectivity index (χ2v) is 7.52. The molecule has 1 amide bonds. The van der Waals surface area contributed by atoms with Gasteiger partial charge in [0.05, 0.1) is 24.2 Å². The van der Waals surface area contributed by atoms with Crippen molar-refractivity contribution >= 4 is 28.4 Å². The molecule has 3 aromatic heterocycles. The maximum absolute atomic E-state index is 12.9. The van der Waals surface area contributed by atoms with Gasteiger partial charge in [-0.15, -0.1) is 0 Å². The van der Waals surface area contributed by atoms with Crippen LogP contribution in [0.2, 0.25) is 5.02 Å². The number of hydrogen-bond acceptors (Lipinski definition) is 6. The predicted molar refractivity (Wildman–Crippen MR) is 110 cm³/mol. The highest BCUT2D eigenvalue weighted by molar-refractivity contribution is 6.31. The fourth-order valence-electron chi connectivity index (χ4n) is 2.83. The van der Waals surface area contributed by atoms with E-state index in [-0.39, 0.29) is 29.8 Å². The van der Waals surface area contributed by atoms with Crippen LogP contribution in [0.1, 0.15) is 24.6 Å². The topological polar surface area (TPSA) is 102 Å². The highest BCUT2D eigenvalue weighted by atomic mass is 35.5. The number of pyridine rings is 2. The number of aliphatic hydroxyl groups excluding tert-OH is 1. The highest BCUT2D eigenvalue weighted by Crippen LogP contribution is 2.25. The van der Waals surface area contributed by atoms with Gasteiger partial charge in [0.15, 0.2) is 6.61 Å². The predicted octanol–water partition coefficient (Wildman–Crippen LogP) is 2.60. The third kappa shape index (κ3) is 6.56. The zero-order valence-corrected chi connectivity index (χ0v) is 17.6. The molecule has 166 valence electrons. The number of amides is 1. The quantitative estimate of drug-likeness (QED) is 0.457. The number of halogens is 3. The maximum Gasteiger partial charge on any atom is 0.278 e. The molecule has 0 spiro atoms. The number of nitrogens with zero attached hydrogens (tertiary/aromatic N) is 4. The van der Waals surface area contributed by atoms with E-state index in [0.29, 0.717) is 36.3 Å². The van der Waals surface area contributed by atoms with Crippen molar-refractivity contribution in [3.05, 3.63) is 47.0 Å². The molecule has 8 nitrogen and oxygen atoms in total. The number of fused-ring (bicyclic) bond motifs is 1. The second-order valence-electron chi connectivity index (χ2n) is 7.11. The minimum Gasteiger partial charge on any atom is -0.470 e. The van der Waals surface area contributed by atoms with Gasteiger partial charge in [-0.05, 0) is 24.1 Å². The summed E-state index contributed by atoms with van der Waals surface area (Å²) in [5.74, 6) is -3.23. The lowest BCUT2D eigenvalue weighted by Crippen LogP contribution is -2.26. The fraction of sp³-hybridized carbons (Fsp3) is 0.400. The number of hydrogen-bond donors (Lipinski definition) is 2. The number of nitrogens with one attached hydrogen (secondary N) is 1. The van der Waals surface area contributed by atoms with Gasteiger partial charge < -0.3 is 15.2 Å². The van der Waals surface area contributed by atoms with Gasteiger partial charge >= 0.3 is 0 Å². The van der Waals surface area contributed by atoms with Crippen molar-refractivity contribution in [3.63, 3.8) is 0 Å². The molecule has 0 aliphatic carbocycles. The summed E-state index contributed by atoms with van der Waals surface area (Å²) in [6, 6.07) is 3.32. The Morgan fingerprint density at radius 3 is 2.90 bits per heavy atom. The van der Waals surface area contributed by atoms with Gasteiger partial charge in [-0.1, -0.05) is 11.6 Å². The molecule has 0 aliphatic heterocycles. The summed E-state index contributed by atoms with van der Waals surface area (Å²) in [6.45, 7) is 0.673. The molecule has 3 aromatic rings. The van der Waals surface area contributed by atoms with Crippen LogP contribution in [-0.4, -0.2) is 56.4 Å². The fourth-order valence-corrected chi connectivity index (χ4v) is 3.08. The lowest BCUT2D eigenvalue weighted by atomic mass is 10.2. The van der Waals surface area contributed by atoms with Crippen LogP contribution in [0.25, 0.3) is 10.9 Å². The van der Waals surface area contributed by atoms with Gasteiger partial charge in [-0.25, -0.2) is 13.8 Å². The van der Waals surface area contributed by atoms with Gasteiger partial charge in [0.25, 0.3) is 5.92 Å². The lowest BCUT2D eigenvalue weighted by molar-refractivity contribution is -0.120. The van der Waals surface area contributed by atoms with E-state index in [4.69, 9.17) is 21.4 Å². The number of aliphatic hydroxyl groups is 1. The van der Waals surface area contributed by atoms with Crippen LogP contribution in [0.4, 0.5) is 8.78 Å². The molecular weight excluding hydrogens is 432 g/mol. The van der Waals surface area contributed by atoms with Crippen molar-refractivity contribution < 1.29 is 23.4 Å². The molecule has 0 aliphatic rings. The van der Waals surface area contributed by atoms with E-state index >= 15 is 0 Å². The number of rotatable bonds is 10. The molecule has 11 heteroatoms. The summed E-state index contributed by atoms with van der Waals surface area (Å²) in [4.78, 5) is 20.4. The van der Waals surface area contributed by atoms with Crippen molar-refractivity contribution in [2.45, 2.75) is 32.2 Å². The van der Waals surface area contributed by atoms with Gasteiger partial charge in [0.1, 0.15) is 5.02 Å². The Hall–Kier alpha value is -2.85. The summed E-state index contributed by atoms with van der Waals surface area (Å²) in [5, 5.41) is 16.9. The first kappa shape index (κ1) is 22.8. The lowest BCUT2D eigenvalue weighted by Gasteiger charge is -2.12. The zero-order valence-electron chi connectivity index (χ0n) is 16.8. The van der Waals surface area contributed by atoms with E-state index in [1.807, 2.05) is 0 Å². The van der Waals surface area contributed by atoms with Crippen LogP contribution < -0.4 is 10.1 Å². The molecule has 0 radical (unpaired) electrons. The van der Waals surface area contributed by atoms with Crippen molar-refractivity contribution in [3.8, 4) is 5.88 Å². The first-order valence-electron chi connectivity index (χ1n) is 9.59. The molecule has 0 atom stereocenters. The molecule has 0 bridgehead atoms. The van der Waals surface area contributed by atoms with Gasteiger partial charge in [0, 0.05) is 44.1 Å². The molecule has 0 saturated carbocycles. The van der Waals surface area contributed by atoms with Crippen LogP contribution in [0.15, 0.2) is 30.7 Å². The van der Waals surface area contributed by atoms with Crippen molar-refractivity contribution in [1.29, 1.82) is 0 Å². The van der Waals surface area contributed by atoms with Gasteiger partial charge in [-0.2, -0.15) is 5.10 Å². The van der Waals surface area contributed by atoms with Crippen LogP contribution in [-0.2, 0) is 17.8 Å². The third-order valence-corrected chi connectivity index (χ3v) is 4.49. The molecule has 3 rings (SSSR count). The number of carbonyl (C=O) groups is 1. The summed E-state index contributed by atoms with van der Waals surface area (Å²) < 4.78 is 32.5. The Labute approximate surface area is 182 Å². The van der Waals surface area contributed by atoms with Crippen LogP contribution in [0.3, 0.4) is 0 Å². The Kier molecular flexibility index (Phi) is 7.34. The summed E-state index contributed by atoms with van der Waals surface area (Å²) in [6.07, 6.45) is 5.42. The largest absolute Gasteiger partial charge is 0.470 e. The molecule has 31 heavy (non-hydrogen) atoms. The van der Waals surface area contributed by atoms with E-state index in [1.54, 1.807) is 29.2 Å². The average Bonchev–Trinajstić information content (AvgIpc) is 3.10. The average molecular weight is 454 g/mol. The maximum atomic E-state index is 12.9. The molecule has 2 N–H and O–H groups in total. The van der Waals surface area contributed by atoms with Crippen molar-refractivity contribution in [2.24, 2.45) is 0 Å². The first-order chi connectivity index (χ1) is 14.7. The summed E-state index contributed by atoms with van der Waals surface area (Å²) in [5.41, 5.74) is 1.97. The van der Waals surface area contributed by atoms with E-state index in [0.717, 1.165) is 12.3 Å². The van der Waals surface area contributed by atoms with Crippen molar-refractivity contribution in [1.82, 2.24) is 25.1 Å². The molecule has 0 fully saturated rings. The van der Waals surface area contributed by atoms with Crippen LogP contribution in [0.5, 0.6) is 5.88 Å². The molecule has 0 unspecified atom stereocenters. The van der Waals surface area contributed by atoms with Crippen molar-refractivity contribution in [2.75, 3.05) is 19.8 Å².